The van der Waals surface area contributed by atoms with E-state index in [9.17, 15) is 4.79 Å². The van der Waals surface area contributed by atoms with Gasteiger partial charge in [0.15, 0.2) is 0 Å². The zero-order chi connectivity index (χ0) is 16.7. The number of hydrogen-bond acceptors (Lipinski definition) is 3. The fourth-order valence-electron chi connectivity index (χ4n) is 2.26. The minimum atomic E-state index is -0.0334. The first-order valence-corrected chi connectivity index (χ1v) is 8.10. The molecule has 0 fully saturated rings. The van der Waals surface area contributed by atoms with Gasteiger partial charge in [0, 0.05) is 29.4 Å². The Kier molecular flexibility index (Phi) is 6.19. The lowest BCUT2D eigenvalue weighted by molar-refractivity contribution is -0.117. The summed E-state index contributed by atoms with van der Waals surface area (Å²) in [4.78, 5) is 16.2. The summed E-state index contributed by atoms with van der Waals surface area (Å²) in [6.45, 7) is 0.641. The molecule has 1 amide bonds. The molecule has 2 rings (SSSR count). The monoisotopic (exact) mass is 371 g/mol. The van der Waals surface area contributed by atoms with Gasteiger partial charge in [-0.1, -0.05) is 40.2 Å². The normalized spacial score (nSPS) is 9.96. The molecule has 0 unspecified atom stereocenters. The van der Waals surface area contributed by atoms with E-state index in [1.54, 1.807) is 4.90 Å². The van der Waals surface area contributed by atoms with Crippen molar-refractivity contribution in [2.75, 3.05) is 29.9 Å². The van der Waals surface area contributed by atoms with Crippen LogP contribution >= 0.6 is 15.9 Å². The number of likely N-dealkylation sites (N-methyl/N-ethyl adjacent to an activating group) is 1. The molecule has 0 atom stereocenters. The first-order chi connectivity index (χ1) is 11.1. The van der Waals surface area contributed by atoms with Crippen LogP contribution in [-0.2, 0) is 4.79 Å². The first-order valence-electron chi connectivity index (χ1n) is 7.31. The molecule has 0 saturated carbocycles. The van der Waals surface area contributed by atoms with Gasteiger partial charge in [-0.25, -0.2) is 0 Å². The predicted molar refractivity (Wildman–Crippen MR) is 96.4 cm³/mol. The van der Waals surface area contributed by atoms with E-state index in [1.165, 1.54) is 0 Å². The predicted octanol–water partition coefficient (Wildman–Crippen LogP) is 3.83. The molecule has 0 saturated heterocycles. The van der Waals surface area contributed by atoms with E-state index in [0.717, 1.165) is 15.8 Å². The Balaban J connectivity index is 2.13. The summed E-state index contributed by atoms with van der Waals surface area (Å²) in [5.74, 6) is -0.0334. The summed E-state index contributed by atoms with van der Waals surface area (Å²) in [6.07, 6.45) is 0.307. The van der Waals surface area contributed by atoms with Gasteiger partial charge < -0.3 is 9.80 Å². The van der Waals surface area contributed by atoms with Crippen LogP contribution in [0.5, 0.6) is 0 Å². The Morgan fingerprint density at radius 1 is 1.13 bits per heavy atom. The number of para-hydroxylation sites is 1. The average Bonchev–Trinajstić information content (AvgIpc) is 2.56. The van der Waals surface area contributed by atoms with Gasteiger partial charge in [0.1, 0.15) is 0 Å². The van der Waals surface area contributed by atoms with Crippen LogP contribution in [0, 0.1) is 11.3 Å². The second-order valence-corrected chi connectivity index (χ2v) is 6.04. The van der Waals surface area contributed by atoms with Crippen LogP contribution in [0.1, 0.15) is 6.42 Å². The SMILES string of the molecule is CN(CC(=O)N(CCC#N)c1ccccc1)c1cccc(Br)c1. The van der Waals surface area contributed by atoms with Crippen molar-refractivity contribution < 1.29 is 4.79 Å². The van der Waals surface area contributed by atoms with E-state index in [1.807, 2.05) is 66.5 Å². The molecule has 0 heterocycles. The third-order valence-electron chi connectivity index (χ3n) is 3.44. The summed E-state index contributed by atoms with van der Waals surface area (Å²) in [5.41, 5.74) is 1.77. The minimum absolute atomic E-state index is 0.0334. The Bertz CT molecular complexity index is 697. The number of nitriles is 1. The number of hydrogen-bond donors (Lipinski definition) is 0. The van der Waals surface area contributed by atoms with Crippen molar-refractivity contribution in [1.29, 1.82) is 5.26 Å². The van der Waals surface area contributed by atoms with Crippen molar-refractivity contribution in [3.05, 3.63) is 59.1 Å². The van der Waals surface area contributed by atoms with Gasteiger partial charge in [0.25, 0.3) is 0 Å². The maximum atomic E-state index is 12.7. The molecular formula is C18H18BrN3O. The number of carbonyl (C=O) groups is 1. The standard InChI is InChI=1S/C18H18BrN3O/c1-21(17-10-5-7-15(19)13-17)14-18(23)22(12-6-11-20)16-8-3-2-4-9-16/h2-5,7-10,13H,6,12,14H2,1H3. The van der Waals surface area contributed by atoms with Crippen molar-refractivity contribution in [2.45, 2.75) is 6.42 Å². The largest absolute Gasteiger partial charge is 0.365 e. The summed E-state index contributed by atoms with van der Waals surface area (Å²) < 4.78 is 0.971. The van der Waals surface area contributed by atoms with Gasteiger partial charge in [-0.2, -0.15) is 5.26 Å². The molecule has 0 aliphatic carbocycles. The third-order valence-corrected chi connectivity index (χ3v) is 3.93. The van der Waals surface area contributed by atoms with Crippen molar-refractivity contribution >= 4 is 33.2 Å². The average molecular weight is 372 g/mol. The second kappa shape index (κ2) is 8.35. The van der Waals surface area contributed by atoms with Gasteiger partial charge >= 0.3 is 0 Å². The summed E-state index contributed by atoms with van der Waals surface area (Å²) in [5, 5.41) is 8.83. The molecule has 0 bridgehead atoms. The number of anilines is 2. The molecular weight excluding hydrogens is 354 g/mol. The van der Waals surface area contributed by atoms with Crippen LogP contribution in [0.4, 0.5) is 11.4 Å². The van der Waals surface area contributed by atoms with Crippen LogP contribution < -0.4 is 9.80 Å². The lowest BCUT2D eigenvalue weighted by atomic mass is 10.2. The van der Waals surface area contributed by atoms with E-state index < -0.39 is 0 Å². The Labute approximate surface area is 145 Å². The van der Waals surface area contributed by atoms with E-state index in [4.69, 9.17) is 5.26 Å². The maximum absolute atomic E-state index is 12.7. The molecule has 5 heteroatoms. The Morgan fingerprint density at radius 2 is 1.83 bits per heavy atom. The number of carbonyl (C=O) groups excluding carboxylic acids is 1. The molecule has 0 aliphatic heterocycles. The number of benzene rings is 2. The molecule has 2 aromatic carbocycles. The molecule has 0 aliphatic rings. The molecule has 2 aromatic rings. The minimum Gasteiger partial charge on any atom is -0.365 e. The highest BCUT2D eigenvalue weighted by atomic mass is 79.9. The summed E-state index contributed by atoms with van der Waals surface area (Å²) >= 11 is 3.44. The van der Waals surface area contributed by atoms with Gasteiger partial charge in [-0.05, 0) is 30.3 Å². The van der Waals surface area contributed by atoms with Crippen LogP contribution in [0.3, 0.4) is 0 Å². The quantitative estimate of drug-likeness (QED) is 0.774. The summed E-state index contributed by atoms with van der Waals surface area (Å²) in [6, 6.07) is 19.4. The molecule has 0 radical (unpaired) electrons. The number of nitrogens with zero attached hydrogens (tertiary/aromatic N) is 3. The highest BCUT2D eigenvalue weighted by Crippen LogP contribution is 2.20. The summed E-state index contributed by atoms with van der Waals surface area (Å²) in [7, 11) is 1.88. The van der Waals surface area contributed by atoms with E-state index >= 15 is 0 Å². The second-order valence-electron chi connectivity index (χ2n) is 5.12. The molecule has 0 aromatic heterocycles. The lowest BCUT2D eigenvalue weighted by Gasteiger charge is -2.26. The van der Waals surface area contributed by atoms with Gasteiger partial charge in [-0.3, -0.25) is 4.79 Å². The molecule has 118 valence electrons. The third kappa shape index (κ3) is 4.83. The smallest absolute Gasteiger partial charge is 0.246 e. The number of rotatable bonds is 6. The van der Waals surface area contributed by atoms with Crippen LogP contribution in [0.2, 0.25) is 0 Å². The van der Waals surface area contributed by atoms with Crippen molar-refractivity contribution in [3.8, 4) is 6.07 Å². The van der Waals surface area contributed by atoms with Crippen molar-refractivity contribution in [1.82, 2.24) is 0 Å². The van der Waals surface area contributed by atoms with E-state index in [0.29, 0.717) is 13.0 Å². The first kappa shape index (κ1) is 17.0. The molecule has 23 heavy (non-hydrogen) atoms. The van der Waals surface area contributed by atoms with E-state index in [2.05, 4.69) is 22.0 Å². The number of amides is 1. The van der Waals surface area contributed by atoms with Crippen molar-refractivity contribution in [3.63, 3.8) is 0 Å². The van der Waals surface area contributed by atoms with Crippen LogP contribution in [0.15, 0.2) is 59.1 Å². The van der Waals surface area contributed by atoms with Crippen LogP contribution in [-0.4, -0.2) is 26.0 Å². The highest BCUT2D eigenvalue weighted by molar-refractivity contribution is 9.10. The molecule has 4 nitrogen and oxygen atoms in total. The zero-order valence-corrected chi connectivity index (χ0v) is 14.5. The maximum Gasteiger partial charge on any atom is 0.246 e. The fourth-order valence-corrected chi connectivity index (χ4v) is 2.65. The molecule has 0 N–H and O–H groups in total. The highest BCUT2D eigenvalue weighted by Gasteiger charge is 2.17. The fraction of sp³-hybridized carbons (Fsp3) is 0.222. The number of halogens is 1. The van der Waals surface area contributed by atoms with Crippen molar-refractivity contribution in [2.24, 2.45) is 0 Å². The van der Waals surface area contributed by atoms with Gasteiger partial charge in [0.2, 0.25) is 5.91 Å². The van der Waals surface area contributed by atoms with E-state index in [-0.39, 0.29) is 12.5 Å². The lowest BCUT2D eigenvalue weighted by Crippen LogP contribution is -2.39. The Morgan fingerprint density at radius 3 is 2.48 bits per heavy atom. The van der Waals surface area contributed by atoms with Crippen LogP contribution in [0.25, 0.3) is 0 Å². The Hall–Kier alpha value is -2.32. The van der Waals surface area contributed by atoms with Gasteiger partial charge in [0.05, 0.1) is 19.0 Å². The van der Waals surface area contributed by atoms with Gasteiger partial charge in [-0.15, -0.1) is 0 Å². The molecule has 0 spiro atoms. The zero-order valence-electron chi connectivity index (χ0n) is 12.9. The topological polar surface area (TPSA) is 47.3 Å².